The van der Waals surface area contributed by atoms with E-state index in [2.05, 4.69) is 15.9 Å². The molecule has 0 heterocycles. The normalized spacial score (nSPS) is 11.9. The summed E-state index contributed by atoms with van der Waals surface area (Å²) in [6.45, 7) is 1.12. The van der Waals surface area contributed by atoms with Crippen LogP contribution in [0.1, 0.15) is 5.56 Å². The maximum atomic E-state index is 12.2. The van der Waals surface area contributed by atoms with Crippen LogP contribution in [0, 0.1) is 0 Å². The van der Waals surface area contributed by atoms with Gasteiger partial charge in [-0.1, -0.05) is 52.3 Å². The maximum Gasteiger partial charge on any atom is 0.209 e. The summed E-state index contributed by atoms with van der Waals surface area (Å²) in [5.74, 6) is 0.457. The van der Waals surface area contributed by atoms with E-state index in [-0.39, 0.29) is 0 Å². The van der Waals surface area contributed by atoms with Gasteiger partial charge in [0.2, 0.25) is 6.41 Å². The first-order valence-electron chi connectivity index (χ1n) is 7.07. The molecular weight excluding hydrogens is 362 g/mol. The Bertz CT molecular complexity index is 634. The zero-order valence-corrected chi connectivity index (χ0v) is 14.6. The van der Waals surface area contributed by atoms with Gasteiger partial charge in [-0.15, -0.1) is 0 Å². The van der Waals surface area contributed by atoms with Gasteiger partial charge >= 0.3 is 0 Å². The quantitative estimate of drug-likeness (QED) is 0.660. The Morgan fingerprint density at radius 3 is 2.36 bits per heavy atom. The molecule has 0 saturated carbocycles. The second kappa shape index (κ2) is 8.86. The summed E-state index contributed by atoms with van der Waals surface area (Å²) >= 11 is 3.51. The molecule has 2 aromatic carbocycles. The molecule has 0 aliphatic heterocycles. The van der Waals surface area contributed by atoms with Gasteiger partial charge in [0.05, 0.1) is 10.8 Å². The van der Waals surface area contributed by atoms with Crippen LogP contribution in [0.25, 0.3) is 0 Å². The summed E-state index contributed by atoms with van der Waals surface area (Å²) in [7, 11) is -1.07. The number of hydrogen-bond donors (Lipinski definition) is 0. The van der Waals surface area contributed by atoms with Gasteiger partial charge in [-0.2, -0.15) is 0 Å². The van der Waals surface area contributed by atoms with Crippen molar-refractivity contribution in [3.05, 3.63) is 64.6 Å². The molecule has 0 radical (unpaired) electrons. The van der Waals surface area contributed by atoms with Crippen LogP contribution in [-0.4, -0.2) is 34.4 Å². The standard InChI is InChI=1S/C17H18BrNO2S/c18-17-9-5-4-6-15(17)10-11-19(14-20)12-13-22(21)16-7-2-1-3-8-16/h1-9,14H,10-13H2. The van der Waals surface area contributed by atoms with Crippen LogP contribution in [-0.2, 0) is 22.0 Å². The zero-order valence-electron chi connectivity index (χ0n) is 12.2. The lowest BCUT2D eigenvalue weighted by Crippen LogP contribution is -2.29. The molecule has 2 aromatic rings. The average Bonchev–Trinajstić information content (AvgIpc) is 2.57. The Morgan fingerprint density at radius 2 is 1.68 bits per heavy atom. The van der Waals surface area contributed by atoms with Crippen molar-refractivity contribution in [2.75, 3.05) is 18.8 Å². The highest BCUT2D eigenvalue weighted by Gasteiger charge is 2.08. The minimum Gasteiger partial charge on any atom is -0.344 e. The third-order valence-corrected chi connectivity index (χ3v) is 5.47. The van der Waals surface area contributed by atoms with E-state index in [4.69, 9.17) is 0 Å². The van der Waals surface area contributed by atoms with Gasteiger partial charge in [0.1, 0.15) is 0 Å². The molecule has 1 unspecified atom stereocenters. The molecule has 0 fully saturated rings. The van der Waals surface area contributed by atoms with E-state index in [9.17, 15) is 9.00 Å². The molecule has 2 rings (SSSR count). The summed E-state index contributed by atoms with van der Waals surface area (Å²) in [4.78, 5) is 13.7. The van der Waals surface area contributed by atoms with Gasteiger partial charge in [0.15, 0.2) is 0 Å². The maximum absolute atomic E-state index is 12.2. The fraction of sp³-hybridized carbons (Fsp3) is 0.235. The number of benzene rings is 2. The van der Waals surface area contributed by atoms with Crippen molar-refractivity contribution in [1.29, 1.82) is 0 Å². The van der Waals surface area contributed by atoms with Gasteiger partial charge in [0, 0.05) is 28.2 Å². The molecule has 3 nitrogen and oxygen atoms in total. The molecule has 5 heteroatoms. The van der Waals surface area contributed by atoms with Crippen molar-refractivity contribution >= 4 is 33.1 Å². The summed E-state index contributed by atoms with van der Waals surface area (Å²) in [5.41, 5.74) is 1.17. The number of hydrogen-bond acceptors (Lipinski definition) is 2. The number of amides is 1. The molecular formula is C17H18BrNO2S. The highest BCUT2D eigenvalue weighted by molar-refractivity contribution is 9.10. The predicted molar refractivity (Wildman–Crippen MR) is 93.2 cm³/mol. The van der Waals surface area contributed by atoms with Crippen LogP contribution in [0.5, 0.6) is 0 Å². The van der Waals surface area contributed by atoms with Crippen LogP contribution in [0.3, 0.4) is 0 Å². The molecule has 0 N–H and O–H groups in total. The Morgan fingerprint density at radius 1 is 1.00 bits per heavy atom. The molecule has 1 atom stereocenters. The second-order valence-electron chi connectivity index (χ2n) is 4.85. The number of halogens is 1. The van der Waals surface area contributed by atoms with Crippen molar-refractivity contribution in [3.63, 3.8) is 0 Å². The highest BCUT2D eigenvalue weighted by atomic mass is 79.9. The highest BCUT2D eigenvalue weighted by Crippen LogP contribution is 2.16. The van der Waals surface area contributed by atoms with Crippen molar-refractivity contribution < 1.29 is 9.00 Å². The minimum atomic E-state index is -1.07. The first-order chi connectivity index (χ1) is 10.7. The molecule has 22 heavy (non-hydrogen) atoms. The van der Waals surface area contributed by atoms with E-state index in [1.54, 1.807) is 4.90 Å². The van der Waals surface area contributed by atoms with E-state index in [1.807, 2.05) is 54.6 Å². The summed E-state index contributed by atoms with van der Waals surface area (Å²) in [5, 5.41) is 0. The zero-order chi connectivity index (χ0) is 15.8. The summed E-state index contributed by atoms with van der Waals surface area (Å²) in [6.07, 6.45) is 1.61. The lowest BCUT2D eigenvalue weighted by atomic mass is 10.1. The van der Waals surface area contributed by atoms with E-state index >= 15 is 0 Å². The van der Waals surface area contributed by atoms with Crippen LogP contribution < -0.4 is 0 Å². The number of carbonyl (C=O) groups excluding carboxylic acids is 1. The number of rotatable bonds is 8. The first-order valence-corrected chi connectivity index (χ1v) is 9.18. The van der Waals surface area contributed by atoms with Crippen molar-refractivity contribution in [2.45, 2.75) is 11.3 Å². The Kier molecular flexibility index (Phi) is 6.80. The average molecular weight is 380 g/mol. The Labute approximate surface area is 141 Å². The molecule has 0 spiro atoms. The Hall–Kier alpha value is -1.46. The van der Waals surface area contributed by atoms with Crippen molar-refractivity contribution in [1.82, 2.24) is 4.90 Å². The smallest absolute Gasteiger partial charge is 0.209 e. The minimum absolute atomic E-state index is 0.457. The third kappa shape index (κ3) is 5.07. The third-order valence-electron chi connectivity index (χ3n) is 3.35. The lowest BCUT2D eigenvalue weighted by molar-refractivity contribution is -0.117. The van der Waals surface area contributed by atoms with Crippen LogP contribution >= 0.6 is 15.9 Å². The monoisotopic (exact) mass is 379 g/mol. The number of nitrogens with zero attached hydrogens (tertiary/aromatic N) is 1. The van der Waals surface area contributed by atoms with E-state index in [1.165, 1.54) is 5.56 Å². The molecule has 0 aromatic heterocycles. The molecule has 1 amide bonds. The molecule has 116 valence electrons. The van der Waals surface area contributed by atoms with E-state index < -0.39 is 10.8 Å². The van der Waals surface area contributed by atoms with Gasteiger partial charge < -0.3 is 4.90 Å². The van der Waals surface area contributed by atoms with Crippen LogP contribution in [0.15, 0.2) is 64.0 Å². The van der Waals surface area contributed by atoms with E-state index in [0.717, 1.165) is 22.2 Å². The molecule has 0 aliphatic rings. The fourth-order valence-corrected chi connectivity index (χ4v) is 3.65. The van der Waals surface area contributed by atoms with Gasteiger partial charge in [-0.25, -0.2) is 0 Å². The fourth-order valence-electron chi connectivity index (χ4n) is 2.07. The van der Waals surface area contributed by atoms with Crippen molar-refractivity contribution in [2.24, 2.45) is 0 Å². The van der Waals surface area contributed by atoms with Gasteiger partial charge in [-0.05, 0) is 30.2 Å². The molecule has 0 aliphatic carbocycles. The second-order valence-corrected chi connectivity index (χ2v) is 7.27. The summed E-state index contributed by atoms with van der Waals surface area (Å²) in [6, 6.07) is 17.3. The van der Waals surface area contributed by atoms with Crippen molar-refractivity contribution in [3.8, 4) is 0 Å². The van der Waals surface area contributed by atoms with Crippen LogP contribution in [0.2, 0.25) is 0 Å². The first kappa shape index (κ1) is 16.9. The summed E-state index contributed by atoms with van der Waals surface area (Å²) < 4.78 is 13.2. The van der Waals surface area contributed by atoms with Gasteiger partial charge in [-0.3, -0.25) is 9.00 Å². The van der Waals surface area contributed by atoms with Crippen LogP contribution in [0.4, 0.5) is 0 Å². The topological polar surface area (TPSA) is 37.4 Å². The molecule has 0 saturated heterocycles. The van der Waals surface area contributed by atoms with E-state index in [0.29, 0.717) is 18.8 Å². The Balaban J connectivity index is 1.84. The molecule has 0 bridgehead atoms. The van der Waals surface area contributed by atoms with Gasteiger partial charge in [0.25, 0.3) is 0 Å². The largest absolute Gasteiger partial charge is 0.344 e. The predicted octanol–water partition coefficient (Wildman–Crippen LogP) is 3.26. The lowest BCUT2D eigenvalue weighted by Gasteiger charge is -2.17. The number of carbonyl (C=O) groups is 1. The SMILES string of the molecule is O=CN(CCc1ccccc1Br)CCS(=O)c1ccccc1.